The molecule has 4 amide bonds. The van der Waals surface area contributed by atoms with Crippen LogP contribution in [0.4, 0.5) is 4.79 Å². The van der Waals surface area contributed by atoms with Crippen LogP contribution in [-0.2, 0) is 4.79 Å². The lowest BCUT2D eigenvalue weighted by Crippen LogP contribution is -2.55. The van der Waals surface area contributed by atoms with Crippen LogP contribution >= 0.6 is 0 Å². The van der Waals surface area contributed by atoms with Crippen molar-refractivity contribution in [2.75, 3.05) is 20.1 Å². The Bertz CT molecular complexity index is 673. The molecule has 24 heavy (non-hydrogen) atoms. The number of nitrogens with zero attached hydrogens (tertiary/aromatic N) is 2. The summed E-state index contributed by atoms with van der Waals surface area (Å²) in [6.45, 7) is 5.16. The van der Waals surface area contributed by atoms with Crippen molar-refractivity contribution in [3.05, 3.63) is 35.4 Å². The highest BCUT2D eigenvalue weighted by atomic mass is 16.2. The molecule has 1 aromatic rings. The summed E-state index contributed by atoms with van der Waals surface area (Å²) < 4.78 is 0. The zero-order valence-corrected chi connectivity index (χ0v) is 14.3. The number of imide groups is 1. The highest BCUT2D eigenvalue weighted by Crippen LogP contribution is 2.29. The maximum atomic E-state index is 12.6. The van der Waals surface area contributed by atoms with Gasteiger partial charge in [-0.1, -0.05) is 26.0 Å². The molecule has 3 rings (SSSR count). The van der Waals surface area contributed by atoms with E-state index in [4.69, 9.17) is 0 Å². The van der Waals surface area contributed by atoms with Crippen LogP contribution in [0.3, 0.4) is 0 Å². The Morgan fingerprint density at radius 3 is 2.17 bits per heavy atom. The van der Waals surface area contributed by atoms with Gasteiger partial charge in [-0.3, -0.25) is 14.5 Å². The quantitative estimate of drug-likeness (QED) is 0.843. The second kappa shape index (κ2) is 5.92. The number of urea groups is 1. The summed E-state index contributed by atoms with van der Waals surface area (Å²) in [5, 5.41) is 2.79. The summed E-state index contributed by atoms with van der Waals surface area (Å²) in [7, 11) is 1.49. The highest BCUT2D eigenvalue weighted by molar-refractivity contribution is 6.07. The molecule has 2 heterocycles. The van der Waals surface area contributed by atoms with E-state index < -0.39 is 5.54 Å². The van der Waals surface area contributed by atoms with Gasteiger partial charge in [-0.2, -0.15) is 0 Å². The highest BCUT2D eigenvalue weighted by Gasteiger charge is 2.51. The Kier molecular flexibility index (Phi) is 4.07. The van der Waals surface area contributed by atoms with Crippen molar-refractivity contribution in [3.63, 3.8) is 0 Å². The first-order chi connectivity index (χ1) is 11.3. The fourth-order valence-electron chi connectivity index (χ4n) is 3.38. The van der Waals surface area contributed by atoms with Crippen molar-refractivity contribution in [3.8, 4) is 0 Å². The summed E-state index contributed by atoms with van der Waals surface area (Å²) in [5.74, 6) is 0.212. The molecule has 1 aromatic carbocycles. The van der Waals surface area contributed by atoms with Crippen LogP contribution in [0.25, 0.3) is 0 Å². The number of rotatable bonds is 2. The van der Waals surface area contributed by atoms with E-state index in [-0.39, 0.29) is 17.8 Å². The van der Waals surface area contributed by atoms with Crippen molar-refractivity contribution < 1.29 is 14.4 Å². The van der Waals surface area contributed by atoms with Crippen molar-refractivity contribution in [2.24, 2.45) is 0 Å². The minimum absolute atomic E-state index is 0.0229. The van der Waals surface area contributed by atoms with E-state index in [0.29, 0.717) is 37.4 Å². The molecule has 0 saturated carbocycles. The molecule has 128 valence electrons. The Balaban J connectivity index is 1.67. The van der Waals surface area contributed by atoms with Gasteiger partial charge in [0.1, 0.15) is 5.54 Å². The van der Waals surface area contributed by atoms with E-state index in [0.717, 1.165) is 4.90 Å². The van der Waals surface area contributed by atoms with E-state index in [9.17, 15) is 14.4 Å². The number of hydrogen-bond donors (Lipinski definition) is 1. The molecule has 1 spiro atoms. The van der Waals surface area contributed by atoms with Gasteiger partial charge in [-0.25, -0.2) is 4.79 Å². The topological polar surface area (TPSA) is 69.7 Å². The Hall–Kier alpha value is -2.37. The monoisotopic (exact) mass is 329 g/mol. The van der Waals surface area contributed by atoms with Crippen LogP contribution in [0.2, 0.25) is 0 Å². The molecule has 0 bridgehead atoms. The molecule has 0 atom stereocenters. The summed E-state index contributed by atoms with van der Waals surface area (Å²) in [6, 6.07) is 7.33. The molecule has 1 N–H and O–H groups in total. The normalized spacial score (nSPS) is 20.0. The average molecular weight is 329 g/mol. The minimum Gasteiger partial charge on any atom is -0.338 e. The molecule has 0 unspecified atom stereocenters. The second-order valence-electron chi connectivity index (χ2n) is 6.95. The predicted octanol–water partition coefficient (Wildman–Crippen LogP) is 1.97. The van der Waals surface area contributed by atoms with Crippen LogP contribution in [0.1, 0.15) is 48.5 Å². The molecule has 0 aliphatic carbocycles. The lowest BCUT2D eigenvalue weighted by Gasteiger charge is -2.37. The summed E-state index contributed by atoms with van der Waals surface area (Å²) in [6.07, 6.45) is 0.912. The van der Waals surface area contributed by atoms with Gasteiger partial charge in [0.05, 0.1) is 0 Å². The standard InChI is InChI=1S/C18H23N3O3/c1-12(2)13-4-6-14(7-5-13)15(22)21-10-8-18(9-11-21)16(23)20(3)17(24)19-18/h4-7,12H,8-11H2,1-3H3,(H,19,24). The van der Waals surface area contributed by atoms with Crippen molar-refractivity contribution in [2.45, 2.75) is 38.1 Å². The number of benzene rings is 1. The molecule has 6 heteroatoms. The number of hydrogen-bond acceptors (Lipinski definition) is 3. The maximum Gasteiger partial charge on any atom is 0.324 e. The number of amides is 4. The molecule has 6 nitrogen and oxygen atoms in total. The largest absolute Gasteiger partial charge is 0.338 e. The third kappa shape index (κ3) is 2.66. The summed E-state index contributed by atoms with van der Waals surface area (Å²) in [4.78, 5) is 39.5. The maximum absolute atomic E-state index is 12.6. The van der Waals surface area contributed by atoms with Crippen LogP contribution < -0.4 is 5.32 Å². The fourth-order valence-corrected chi connectivity index (χ4v) is 3.38. The Labute approximate surface area is 141 Å². The number of likely N-dealkylation sites (N-methyl/N-ethyl adjacent to an activating group) is 1. The number of likely N-dealkylation sites (tertiary alicyclic amines) is 1. The molecule has 0 radical (unpaired) electrons. The summed E-state index contributed by atoms with van der Waals surface area (Å²) in [5.41, 5.74) is 1.03. The van der Waals surface area contributed by atoms with Gasteiger partial charge in [0.15, 0.2) is 0 Å². The molecule has 2 aliphatic heterocycles. The molecular weight excluding hydrogens is 306 g/mol. The minimum atomic E-state index is -0.829. The number of nitrogens with one attached hydrogen (secondary N) is 1. The number of carbonyl (C=O) groups is 3. The molecular formula is C18H23N3O3. The van der Waals surface area contributed by atoms with E-state index >= 15 is 0 Å². The lowest BCUT2D eigenvalue weighted by molar-refractivity contribution is -0.131. The van der Waals surface area contributed by atoms with E-state index in [1.807, 2.05) is 24.3 Å². The third-order valence-electron chi connectivity index (χ3n) is 5.09. The van der Waals surface area contributed by atoms with E-state index in [2.05, 4.69) is 19.2 Å². The number of piperidine rings is 1. The summed E-state index contributed by atoms with van der Waals surface area (Å²) >= 11 is 0. The molecule has 2 fully saturated rings. The van der Waals surface area contributed by atoms with E-state index in [1.165, 1.54) is 12.6 Å². The lowest BCUT2D eigenvalue weighted by atomic mass is 9.87. The van der Waals surface area contributed by atoms with Crippen LogP contribution in [0.5, 0.6) is 0 Å². The van der Waals surface area contributed by atoms with Gasteiger partial charge in [-0.05, 0) is 36.5 Å². The van der Waals surface area contributed by atoms with Gasteiger partial charge in [0.2, 0.25) is 0 Å². The zero-order chi connectivity index (χ0) is 17.5. The fraction of sp³-hybridized carbons (Fsp3) is 0.500. The van der Waals surface area contributed by atoms with Gasteiger partial charge < -0.3 is 10.2 Å². The number of carbonyl (C=O) groups excluding carboxylic acids is 3. The smallest absolute Gasteiger partial charge is 0.324 e. The first kappa shape index (κ1) is 16.5. The SMILES string of the molecule is CC(C)c1ccc(C(=O)N2CCC3(CC2)NC(=O)N(C)C3=O)cc1. The van der Waals surface area contributed by atoms with Crippen LogP contribution in [0, 0.1) is 0 Å². The van der Waals surface area contributed by atoms with Gasteiger partial charge >= 0.3 is 6.03 Å². The molecule has 0 aromatic heterocycles. The van der Waals surface area contributed by atoms with Gasteiger partial charge in [0.25, 0.3) is 11.8 Å². The second-order valence-corrected chi connectivity index (χ2v) is 6.95. The first-order valence-corrected chi connectivity index (χ1v) is 8.33. The zero-order valence-electron chi connectivity index (χ0n) is 14.3. The van der Waals surface area contributed by atoms with Gasteiger partial charge in [-0.15, -0.1) is 0 Å². The predicted molar refractivity (Wildman–Crippen MR) is 89.7 cm³/mol. The molecule has 2 saturated heterocycles. The average Bonchev–Trinajstić information content (AvgIpc) is 2.79. The van der Waals surface area contributed by atoms with E-state index in [1.54, 1.807) is 4.90 Å². The van der Waals surface area contributed by atoms with Crippen molar-refractivity contribution in [1.29, 1.82) is 0 Å². The van der Waals surface area contributed by atoms with Crippen LogP contribution in [-0.4, -0.2) is 53.3 Å². The molecule has 2 aliphatic rings. The van der Waals surface area contributed by atoms with Crippen LogP contribution in [0.15, 0.2) is 24.3 Å². The first-order valence-electron chi connectivity index (χ1n) is 8.33. The van der Waals surface area contributed by atoms with Crippen molar-refractivity contribution >= 4 is 17.8 Å². The van der Waals surface area contributed by atoms with Gasteiger partial charge in [0, 0.05) is 25.7 Å². The Morgan fingerprint density at radius 2 is 1.71 bits per heavy atom. The Morgan fingerprint density at radius 1 is 1.12 bits per heavy atom. The van der Waals surface area contributed by atoms with Crippen molar-refractivity contribution in [1.82, 2.24) is 15.1 Å². The third-order valence-corrected chi connectivity index (χ3v) is 5.09.